The number of halogens is 1. The number of hydrogen-bond donors (Lipinski definition) is 2. The van der Waals surface area contributed by atoms with E-state index in [4.69, 9.17) is 5.11 Å². The van der Waals surface area contributed by atoms with Gasteiger partial charge in [0.1, 0.15) is 0 Å². The van der Waals surface area contributed by atoms with Gasteiger partial charge in [-0.2, -0.15) is 0 Å². The molecule has 2 N–H and O–H groups in total. The molecule has 1 aromatic rings. The van der Waals surface area contributed by atoms with Crippen molar-refractivity contribution < 1.29 is 9.90 Å². The molecule has 0 heterocycles. The summed E-state index contributed by atoms with van der Waals surface area (Å²) in [6.07, 6.45) is 0. The summed E-state index contributed by atoms with van der Waals surface area (Å²) in [6.45, 7) is 3.69. The van der Waals surface area contributed by atoms with Crippen LogP contribution in [-0.4, -0.2) is 17.6 Å². The number of hydrogen-bond acceptors (Lipinski definition) is 2. The van der Waals surface area contributed by atoms with E-state index in [0.717, 1.165) is 18.7 Å². The van der Waals surface area contributed by atoms with Gasteiger partial charge in [0.15, 0.2) is 0 Å². The molecular weight excluding hydrogens is 246 g/mol. The van der Waals surface area contributed by atoms with Crippen LogP contribution >= 0.6 is 15.9 Å². The fraction of sp³-hybridized carbons (Fsp3) is 0.300. The fourth-order valence-electron chi connectivity index (χ4n) is 1.11. The minimum atomic E-state index is -0.910. The average Bonchev–Trinajstić information content (AvgIpc) is 2.14. The van der Waals surface area contributed by atoms with Gasteiger partial charge in [0.25, 0.3) is 0 Å². The zero-order chi connectivity index (χ0) is 10.6. The molecule has 4 heteroatoms. The third kappa shape index (κ3) is 2.82. The quantitative estimate of drug-likeness (QED) is 0.870. The predicted octanol–water partition coefficient (Wildman–Crippen LogP) is 2.26. The highest BCUT2D eigenvalue weighted by Gasteiger charge is 2.07. The Morgan fingerprint density at radius 3 is 2.79 bits per heavy atom. The molecule has 0 saturated carbocycles. The molecule has 0 fully saturated rings. The van der Waals surface area contributed by atoms with Crippen molar-refractivity contribution in [1.29, 1.82) is 0 Å². The summed E-state index contributed by atoms with van der Waals surface area (Å²) < 4.78 is 0.625. The van der Waals surface area contributed by atoms with Crippen LogP contribution in [0, 0.1) is 0 Å². The number of carboxylic acid groups (broad SMARTS) is 1. The SMILES string of the molecule is CCNCc1ccc(C(=O)O)c(Br)c1. The Kier molecular flexibility index (Phi) is 4.10. The summed E-state index contributed by atoms with van der Waals surface area (Å²) in [6, 6.07) is 5.25. The largest absolute Gasteiger partial charge is 0.478 e. The smallest absolute Gasteiger partial charge is 0.336 e. The third-order valence-corrected chi connectivity index (χ3v) is 2.50. The van der Waals surface area contributed by atoms with Gasteiger partial charge in [-0.3, -0.25) is 0 Å². The number of carbonyl (C=O) groups is 1. The molecule has 3 nitrogen and oxygen atoms in total. The van der Waals surface area contributed by atoms with Crippen LogP contribution in [0.1, 0.15) is 22.8 Å². The maximum Gasteiger partial charge on any atom is 0.336 e. The third-order valence-electron chi connectivity index (χ3n) is 1.84. The van der Waals surface area contributed by atoms with Crippen LogP contribution < -0.4 is 5.32 Å². The Morgan fingerprint density at radius 1 is 1.57 bits per heavy atom. The maximum absolute atomic E-state index is 10.7. The first-order valence-corrected chi connectivity index (χ1v) is 5.17. The lowest BCUT2D eigenvalue weighted by atomic mass is 10.1. The topological polar surface area (TPSA) is 49.3 Å². The molecule has 1 rings (SSSR count). The first-order valence-electron chi connectivity index (χ1n) is 4.37. The van der Waals surface area contributed by atoms with Crippen molar-refractivity contribution in [2.24, 2.45) is 0 Å². The summed E-state index contributed by atoms with van der Waals surface area (Å²) >= 11 is 3.23. The Labute approximate surface area is 91.3 Å². The maximum atomic E-state index is 10.7. The van der Waals surface area contributed by atoms with Crippen molar-refractivity contribution in [1.82, 2.24) is 5.32 Å². The lowest BCUT2D eigenvalue weighted by Gasteiger charge is -2.04. The van der Waals surface area contributed by atoms with Crippen molar-refractivity contribution in [2.45, 2.75) is 13.5 Å². The molecule has 1 aromatic carbocycles. The molecule has 76 valence electrons. The van der Waals surface area contributed by atoms with Gasteiger partial charge in [-0.15, -0.1) is 0 Å². The van der Waals surface area contributed by atoms with E-state index < -0.39 is 5.97 Å². The highest BCUT2D eigenvalue weighted by molar-refractivity contribution is 9.10. The van der Waals surface area contributed by atoms with Crippen LogP contribution in [0.3, 0.4) is 0 Å². The van der Waals surface area contributed by atoms with Gasteiger partial charge in [0.2, 0.25) is 0 Å². The minimum Gasteiger partial charge on any atom is -0.478 e. The molecule has 0 saturated heterocycles. The Morgan fingerprint density at radius 2 is 2.29 bits per heavy atom. The summed E-state index contributed by atoms with van der Waals surface area (Å²) in [5.41, 5.74) is 1.37. The summed E-state index contributed by atoms with van der Waals surface area (Å²) in [5, 5.41) is 12.0. The normalized spacial score (nSPS) is 10.1. The van der Waals surface area contributed by atoms with E-state index in [2.05, 4.69) is 21.2 Å². The molecular formula is C10H12BrNO2. The Bertz CT molecular complexity index is 339. The van der Waals surface area contributed by atoms with Gasteiger partial charge in [-0.1, -0.05) is 13.0 Å². The van der Waals surface area contributed by atoms with Gasteiger partial charge in [-0.05, 0) is 40.2 Å². The number of aromatic carboxylic acids is 1. The van der Waals surface area contributed by atoms with Crippen LogP contribution in [0.25, 0.3) is 0 Å². The zero-order valence-electron chi connectivity index (χ0n) is 7.88. The first-order chi connectivity index (χ1) is 6.65. The highest BCUT2D eigenvalue weighted by Crippen LogP contribution is 2.18. The van der Waals surface area contributed by atoms with Crippen LogP contribution in [0.5, 0.6) is 0 Å². The summed E-state index contributed by atoms with van der Waals surface area (Å²) in [4.78, 5) is 10.7. The standard InChI is InChI=1S/C10H12BrNO2/c1-2-12-6-7-3-4-8(10(13)14)9(11)5-7/h3-5,12H,2,6H2,1H3,(H,13,14). The van der Waals surface area contributed by atoms with Crippen molar-refractivity contribution in [3.8, 4) is 0 Å². The molecule has 0 aliphatic carbocycles. The molecule has 0 aliphatic rings. The second kappa shape index (κ2) is 5.12. The average molecular weight is 258 g/mol. The molecule has 0 aromatic heterocycles. The van der Waals surface area contributed by atoms with Crippen LogP contribution in [0.15, 0.2) is 22.7 Å². The van der Waals surface area contributed by atoms with Gasteiger partial charge >= 0.3 is 5.97 Å². The van der Waals surface area contributed by atoms with Crippen molar-refractivity contribution in [3.05, 3.63) is 33.8 Å². The van der Waals surface area contributed by atoms with E-state index in [0.29, 0.717) is 10.0 Å². The number of benzene rings is 1. The van der Waals surface area contributed by atoms with Crippen LogP contribution in [-0.2, 0) is 6.54 Å². The van der Waals surface area contributed by atoms with Gasteiger partial charge < -0.3 is 10.4 Å². The van der Waals surface area contributed by atoms with Gasteiger partial charge in [0, 0.05) is 11.0 Å². The molecule has 0 radical (unpaired) electrons. The number of rotatable bonds is 4. The van der Waals surface area contributed by atoms with Crippen LogP contribution in [0.4, 0.5) is 0 Å². The Balaban J connectivity index is 2.83. The zero-order valence-corrected chi connectivity index (χ0v) is 9.47. The van der Waals surface area contributed by atoms with Crippen molar-refractivity contribution in [2.75, 3.05) is 6.54 Å². The van der Waals surface area contributed by atoms with Gasteiger partial charge in [0.05, 0.1) is 5.56 Å². The van der Waals surface area contributed by atoms with Gasteiger partial charge in [-0.25, -0.2) is 4.79 Å². The first kappa shape index (κ1) is 11.2. The molecule has 0 amide bonds. The Hall–Kier alpha value is -0.870. The molecule has 0 aliphatic heterocycles. The van der Waals surface area contributed by atoms with E-state index in [1.54, 1.807) is 6.07 Å². The second-order valence-corrected chi connectivity index (χ2v) is 3.75. The molecule has 14 heavy (non-hydrogen) atoms. The van der Waals surface area contributed by atoms with E-state index in [1.165, 1.54) is 0 Å². The van der Waals surface area contributed by atoms with E-state index in [-0.39, 0.29) is 0 Å². The van der Waals surface area contributed by atoms with E-state index in [9.17, 15) is 4.79 Å². The van der Waals surface area contributed by atoms with Crippen molar-refractivity contribution in [3.63, 3.8) is 0 Å². The minimum absolute atomic E-state index is 0.297. The lowest BCUT2D eigenvalue weighted by Crippen LogP contribution is -2.12. The lowest BCUT2D eigenvalue weighted by molar-refractivity contribution is 0.0696. The summed E-state index contributed by atoms with van der Waals surface area (Å²) in [5.74, 6) is -0.910. The van der Waals surface area contributed by atoms with Crippen LogP contribution in [0.2, 0.25) is 0 Å². The van der Waals surface area contributed by atoms with E-state index >= 15 is 0 Å². The highest BCUT2D eigenvalue weighted by atomic mass is 79.9. The predicted molar refractivity (Wildman–Crippen MR) is 58.5 cm³/mol. The second-order valence-electron chi connectivity index (χ2n) is 2.90. The fourth-order valence-corrected chi connectivity index (χ4v) is 1.71. The molecule has 0 bridgehead atoms. The number of carboxylic acids is 1. The van der Waals surface area contributed by atoms with E-state index in [1.807, 2.05) is 19.1 Å². The molecule has 0 atom stereocenters. The monoisotopic (exact) mass is 257 g/mol. The molecule has 0 unspecified atom stereocenters. The number of nitrogens with one attached hydrogen (secondary N) is 1. The van der Waals surface area contributed by atoms with Crippen molar-refractivity contribution >= 4 is 21.9 Å². The molecule has 0 spiro atoms. The summed E-state index contributed by atoms with van der Waals surface area (Å²) in [7, 11) is 0.